The molecule has 0 unspecified atom stereocenters. The number of carbonyl (C=O) groups excluding carboxylic acids is 5. The molecule has 1 aliphatic heterocycles. The van der Waals surface area contributed by atoms with E-state index in [0.717, 1.165) is 33.4 Å². The minimum absolute atomic E-state index is 0.102. The average Bonchev–Trinajstić information content (AvgIpc) is 1.46. The molecule has 11 N–H and O–H groups in total. The SMILES string of the molecule is Cc1ccc(CNC(=O)C#Cc2ccc(-c3nnc(CO)o3)cc2Cl)cc1.Cc1ccc(NC(=O)C#Cc2ccc(-c3nnc(CO)o3)cc2Cl)cc1.Cc1ccc(NC(=O)C#Cc2ccc(-c3nnc(CO)o3)cc2Cl)cc1Cl.Cc1ccc(NC(=O)C#Cc2ccc(-c3nnc([C@H](O)CO)o3)cc2Cl)cc1Cl.Cc1ccc(NC(=O)C2=CCN(c3ncc(-c4nnc(CO)o4)cc3Cl)CC2)cc1Cl. The third-order valence-electron chi connectivity index (χ3n) is 19.5. The number of hydrogen-bond donors (Lipinski definition) is 11. The van der Waals surface area contributed by atoms with Gasteiger partial charge in [0.15, 0.2) is 6.10 Å². The maximum absolute atomic E-state index is 12.6. The monoisotopic (exact) mass is 2040 g/mol. The van der Waals surface area contributed by atoms with Gasteiger partial charge in [0, 0.05) is 137 Å². The number of anilines is 5. The number of aryl methyl sites for hydroxylation is 5. The second kappa shape index (κ2) is 50.4. The molecule has 5 amide bonds. The fraction of sp³-hybridized carbons (Fsp3) is 0.152. The summed E-state index contributed by atoms with van der Waals surface area (Å²) in [6.07, 6.45) is 2.75. The third-order valence-corrected chi connectivity index (χ3v) is 22.2. The van der Waals surface area contributed by atoms with Gasteiger partial charge in [-0.3, -0.25) is 24.0 Å². The summed E-state index contributed by atoms with van der Waals surface area (Å²) in [5.41, 5.74) is 13.9. The van der Waals surface area contributed by atoms with E-state index in [1.807, 2.05) is 106 Å². The van der Waals surface area contributed by atoms with E-state index in [1.54, 1.807) is 128 Å². The Hall–Kier alpha value is -15.0. The summed E-state index contributed by atoms with van der Waals surface area (Å²) in [6, 6.07) is 52.5. The van der Waals surface area contributed by atoms with E-state index in [4.69, 9.17) is 140 Å². The van der Waals surface area contributed by atoms with Gasteiger partial charge in [0.1, 0.15) is 32.2 Å². The molecule has 15 aromatic rings. The smallest absolute Gasteiger partial charge is 0.300 e. The van der Waals surface area contributed by atoms with E-state index in [9.17, 15) is 29.1 Å². The molecule has 16 rings (SSSR count). The molecular formula is C99H77Cl8N17O16. The Morgan fingerprint density at radius 1 is 0.379 bits per heavy atom. The Morgan fingerprint density at radius 3 is 1.07 bits per heavy atom. The van der Waals surface area contributed by atoms with Gasteiger partial charge in [-0.2, -0.15) is 0 Å². The number of aromatic nitrogens is 11. The fourth-order valence-electron chi connectivity index (χ4n) is 11.9. The first-order valence-electron chi connectivity index (χ1n) is 41.5. The average molecular weight is 2040 g/mol. The number of nitrogens with one attached hydrogen (secondary N) is 5. The molecule has 0 fully saturated rings. The summed E-state index contributed by atoms with van der Waals surface area (Å²) in [6.45, 7) is 9.25. The van der Waals surface area contributed by atoms with Crippen molar-refractivity contribution in [1.29, 1.82) is 0 Å². The number of rotatable bonds is 19. The van der Waals surface area contributed by atoms with E-state index < -0.39 is 30.4 Å². The van der Waals surface area contributed by atoms with E-state index >= 15 is 0 Å². The standard InChI is InChI=1S/C21H19Cl2N5O3.C20H15Cl2N3O4.C20H16ClN3O3.C19H13Cl2N3O3.C19H14ClN3O3/c1-12-2-3-15(9-16(12)22)25-20(30)13-4-6-28(7-5-13)19-17(23)8-14(10-24-19)21-27-26-18(11-29)31-21;1-11-2-6-14(9-15(11)21)23-18(28)7-5-12-3-4-13(8-16(12)22)19-24-25-20(29-19)17(27)10-26;1-13-2-4-14(5-3-13)11-22-18(26)9-8-15-6-7-16(10-17(15)21)20-24-23-19(12-25)27-20;1-11-2-6-14(9-15(11)20)22-17(26)7-5-12-3-4-13(8-16(12)21)19-24-23-18(10-25)27-19;1-12-2-7-15(8-3-12)21-17(25)9-6-13-4-5-14(10-16(13)20)19-23-22-18(11-24)26-19/h2-4,8-10,29H,5-7,11H2,1H3,(H,25,30);2-4,6,8-9,17,26-27H,10H2,1H3,(H,23,28);2-7,10,25H,11-12H2,1H3,(H,22,26);2-4,6,8-9,25H,10H2,1H3,(H,22,26);2-5,7-8,10,24H,11H2,1H3,(H,21,25)/t;17-;;;/m.1.../s1. The van der Waals surface area contributed by atoms with Gasteiger partial charge in [-0.15, -0.1) is 51.0 Å². The topological polar surface area (TPSA) is 478 Å². The van der Waals surface area contributed by atoms with Gasteiger partial charge in [-0.1, -0.05) is 188 Å². The van der Waals surface area contributed by atoms with Gasteiger partial charge >= 0.3 is 17.7 Å². The van der Waals surface area contributed by atoms with Gasteiger partial charge in [0.25, 0.3) is 11.8 Å². The van der Waals surface area contributed by atoms with Crippen LogP contribution in [0.25, 0.3) is 57.3 Å². The normalized spacial score (nSPS) is 11.2. The molecule has 140 heavy (non-hydrogen) atoms. The summed E-state index contributed by atoms with van der Waals surface area (Å²) in [5.74, 6) is 21.0. The van der Waals surface area contributed by atoms with Crippen molar-refractivity contribution >= 4 is 151 Å². The van der Waals surface area contributed by atoms with Crippen molar-refractivity contribution in [2.45, 2.75) is 80.1 Å². The van der Waals surface area contributed by atoms with Crippen molar-refractivity contribution in [3.05, 3.63) is 325 Å². The molecule has 710 valence electrons. The van der Waals surface area contributed by atoms with Crippen LogP contribution in [0.2, 0.25) is 40.2 Å². The van der Waals surface area contributed by atoms with E-state index in [2.05, 4.69) is 130 Å². The van der Waals surface area contributed by atoms with Gasteiger partial charge in [-0.05, 0) is 191 Å². The summed E-state index contributed by atoms with van der Waals surface area (Å²) >= 11 is 49.5. The van der Waals surface area contributed by atoms with Crippen LogP contribution in [0, 0.1) is 82.0 Å². The zero-order chi connectivity index (χ0) is 100. The minimum Gasteiger partial charge on any atom is -0.418 e. The lowest BCUT2D eigenvalue weighted by Gasteiger charge is -2.27. The Morgan fingerprint density at radius 2 is 0.721 bits per heavy atom. The number of aliphatic hydroxyl groups excluding tert-OH is 6. The van der Waals surface area contributed by atoms with Crippen molar-refractivity contribution in [2.75, 3.05) is 45.9 Å². The zero-order valence-corrected chi connectivity index (χ0v) is 80.1. The maximum Gasteiger partial charge on any atom is 0.300 e. The van der Waals surface area contributed by atoms with E-state index in [0.29, 0.717) is 145 Å². The maximum atomic E-state index is 12.6. The van der Waals surface area contributed by atoms with Crippen LogP contribution in [0.3, 0.4) is 0 Å². The number of benzene rings is 9. The molecule has 0 saturated heterocycles. The van der Waals surface area contributed by atoms with Crippen molar-refractivity contribution in [3.8, 4) is 105 Å². The van der Waals surface area contributed by atoms with Gasteiger partial charge in [-0.25, -0.2) is 4.98 Å². The predicted molar refractivity (Wildman–Crippen MR) is 527 cm³/mol. The number of hydrogen-bond acceptors (Lipinski definition) is 28. The second-order valence-corrected chi connectivity index (χ2v) is 33.0. The van der Waals surface area contributed by atoms with Crippen LogP contribution < -0.4 is 31.5 Å². The number of aliphatic hydroxyl groups is 6. The molecular weight excluding hydrogens is 1970 g/mol. The molecule has 41 heteroatoms. The first-order chi connectivity index (χ1) is 67.4. The molecule has 0 saturated carbocycles. The Kier molecular flexibility index (Phi) is 37.4. The highest BCUT2D eigenvalue weighted by molar-refractivity contribution is 6.35. The quantitative estimate of drug-likeness (QED) is 0.0335. The van der Waals surface area contributed by atoms with Gasteiger partial charge in [0.2, 0.25) is 58.9 Å². The molecule has 0 spiro atoms. The number of carbonyl (C=O) groups is 5. The van der Waals surface area contributed by atoms with E-state index in [-0.39, 0.29) is 102 Å². The van der Waals surface area contributed by atoms with Crippen molar-refractivity contribution < 1.29 is 76.7 Å². The van der Waals surface area contributed by atoms with Crippen LogP contribution in [0.5, 0.6) is 0 Å². The highest BCUT2D eigenvalue weighted by Gasteiger charge is 2.24. The summed E-state index contributed by atoms with van der Waals surface area (Å²) in [5, 5.41) is 109. The highest BCUT2D eigenvalue weighted by Crippen LogP contribution is 2.34. The van der Waals surface area contributed by atoms with Crippen molar-refractivity contribution in [1.82, 2.24) is 61.3 Å². The van der Waals surface area contributed by atoms with E-state index in [1.165, 1.54) is 0 Å². The summed E-state index contributed by atoms with van der Waals surface area (Å²) in [4.78, 5) is 66.8. The molecule has 33 nitrogen and oxygen atoms in total. The van der Waals surface area contributed by atoms with Crippen LogP contribution in [0.1, 0.15) is 97.6 Å². The lowest BCUT2D eigenvalue weighted by Crippen LogP contribution is -2.32. The number of halogens is 8. The summed E-state index contributed by atoms with van der Waals surface area (Å²) in [7, 11) is 0. The molecule has 6 aromatic heterocycles. The molecule has 1 atom stereocenters. The Labute approximate surface area is 838 Å². The van der Waals surface area contributed by atoms with Gasteiger partial charge < -0.3 is 84.2 Å². The predicted octanol–water partition coefficient (Wildman–Crippen LogP) is 17.3. The Balaban J connectivity index is 0.000000157. The molecule has 0 bridgehead atoms. The van der Waals surface area contributed by atoms with Crippen LogP contribution in [0.15, 0.2) is 222 Å². The first kappa shape index (κ1) is 104. The molecule has 9 aromatic carbocycles. The lowest BCUT2D eigenvalue weighted by molar-refractivity contribution is -0.116. The molecule has 0 radical (unpaired) electrons. The lowest BCUT2D eigenvalue weighted by atomic mass is 10.1. The molecule has 0 aliphatic carbocycles. The van der Waals surface area contributed by atoms with Crippen molar-refractivity contribution in [3.63, 3.8) is 0 Å². The largest absolute Gasteiger partial charge is 0.418 e. The van der Waals surface area contributed by atoms with Gasteiger partial charge in [0.05, 0.1) is 37.3 Å². The number of nitrogens with zero attached hydrogens (tertiary/aromatic N) is 12. The van der Waals surface area contributed by atoms with Crippen LogP contribution in [0.4, 0.5) is 28.6 Å². The fourth-order valence-corrected chi connectivity index (χ4v) is 13.7. The van der Waals surface area contributed by atoms with Crippen molar-refractivity contribution in [2.24, 2.45) is 0 Å². The first-order valence-corrected chi connectivity index (χ1v) is 44.6. The summed E-state index contributed by atoms with van der Waals surface area (Å²) < 4.78 is 26.4. The molecule has 1 aliphatic rings. The third kappa shape index (κ3) is 30.0. The minimum atomic E-state index is -1.25. The zero-order valence-electron chi connectivity index (χ0n) is 74.1. The second-order valence-electron chi connectivity index (χ2n) is 29.8. The van der Waals surface area contributed by atoms with Crippen LogP contribution >= 0.6 is 92.8 Å². The Bertz CT molecular complexity index is 7370. The van der Waals surface area contributed by atoms with Crippen LogP contribution in [-0.2, 0) is 56.9 Å². The van der Waals surface area contributed by atoms with Crippen LogP contribution in [-0.4, -0.2) is 136 Å². The number of pyridine rings is 1. The number of amides is 5. The molecule has 7 heterocycles. The highest BCUT2D eigenvalue weighted by atomic mass is 35.5.